The van der Waals surface area contributed by atoms with Crippen LogP contribution in [0, 0.1) is 11.8 Å². The van der Waals surface area contributed by atoms with Crippen LogP contribution in [0.4, 0.5) is 0 Å². The summed E-state index contributed by atoms with van der Waals surface area (Å²) in [5.74, 6) is 1.63. The molecule has 2 aromatic rings. The van der Waals surface area contributed by atoms with Crippen LogP contribution < -0.4 is 0 Å². The Bertz CT molecular complexity index is 788. The molecule has 0 radical (unpaired) electrons. The number of hydrogen-bond donors (Lipinski definition) is 0. The first kappa shape index (κ1) is 20.9. The number of benzene rings is 2. The summed E-state index contributed by atoms with van der Waals surface area (Å²) in [6.07, 6.45) is 1.37. The monoisotopic (exact) mass is 375 g/mol. The Kier molecular flexibility index (Phi) is 6.45. The van der Waals surface area contributed by atoms with E-state index >= 15 is 0 Å². The summed E-state index contributed by atoms with van der Waals surface area (Å²) in [5, 5.41) is 0. The van der Waals surface area contributed by atoms with E-state index in [1.807, 2.05) is 0 Å². The summed E-state index contributed by atoms with van der Waals surface area (Å²) in [6.45, 7) is 17.6. The molecule has 1 heteroatoms. The van der Waals surface area contributed by atoms with Gasteiger partial charge in [0.1, 0.15) is 0 Å². The van der Waals surface area contributed by atoms with Crippen LogP contribution in [0.15, 0.2) is 60.2 Å². The summed E-state index contributed by atoms with van der Waals surface area (Å²) < 4.78 is 0. The molecular formula is C27H37N. The van der Waals surface area contributed by atoms with E-state index in [0.29, 0.717) is 0 Å². The number of nitrogens with zero attached hydrogens (tertiary/aromatic N) is 1. The van der Waals surface area contributed by atoms with Gasteiger partial charge in [0, 0.05) is 25.0 Å². The van der Waals surface area contributed by atoms with Crippen LogP contribution in [-0.2, 0) is 5.41 Å². The van der Waals surface area contributed by atoms with Crippen LogP contribution in [0.25, 0.3) is 5.57 Å². The molecule has 0 aliphatic carbocycles. The van der Waals surface area contributed by atoms with Gasteiger partial charge in [-0.25, -0.2) is 0 Å². The lowest BCUT2D eigenvalue weighted by Crippen LogP contribution is -2.39. The zero-order chi connectivity index (χ0) is 20.3. The minimum atomic E-state index is 0.0204. The Morgan fingerprint density at radius 2 is 1.39 bits per heavy atom. The van der Waals surface area contributed by atoms with E-state index in [4.69, 9.17) is 0 Å². The summed E-state index contributed by atoms with van der Waals surface area (Å²) in [5.41, 5.74) is 7.02. The van der Waals surface area contributed by atoms with E-state index < -0.39 is 0 Å². The Labute approximate surface area is 172 Å². The number of hydrogen-bond acceptors (Lipinski definition) is 1. The van der Waals surface area contributed by atoms with Crippen LogP contribution in [0.5, 0.6) is 0 Å². The molecule has 3 rings (SSSR count). The molecule has 1 nitrogen and oxygen atoms in total. The van der Waals surface area contributed by atoms with E-state index in [1.165, 1.54) is 47.3 Å². The average molecular weight is 376 g/mol. The zero-order valence-electron chi connectivity index (χ0n) is 18.6. The maximum absolute atomic E-state index is 2.64. The van der Waals surface area contributed by atoms with E-state index in [1.54, 1.807) is 0 Å². The minimum absolute atomic E-state index is 0.0204. The molecular weight excluding hydrogens is 338 g/mol. The van der Waals surface area contributed by atoms with Crippen LogP contribution >= 0.6 is 0 Å². The minimum Gasteiger partial charge on any atom is -0.299 e. The third-order valence-electron chi connectivity index (χ3n) is 6.58. The molecule has 2 atom stereocenters. The third-order valence-corrected chi connectivity index (χ3v) is 6.58. The van der Waals surface area contributed by atoms with Gasteiger partial charge in [-0.1, -0.05) is 87.9 Å². The summed E-state index contributed by atoms with van der Waals surface area (Å²) in [6, 6.07) is 20.0. The first-order valence-corrected chi connectivity index (χ1v) is 10.8. The Balaban J connectivity index is 1.75. The fourth-order valence-electron chi connectivity index (χ4n) is 4.78. The van der Waals surface area contributed by atoms with Gasteiger partial charge in [-0.05, 0) is 54.4 Å². The molecule has 0 N–H and O–H groups in total. The lowest BCUT2D eigenvalue weighted by molar-refractivity contribution is 0.152. The van der Waals surface area contributed by atoms with Gasteiger partial charge in [0.15, 0.2) is 0 Å². The van der Waals surface area contributed by atoms with Gasteiger partial charge in [-0.15, -0.1) is 0 Å². The second-order valence-electron chi connectivity index (χ2n) is 9.61. The lowest BCUT2D eigenvalue weighted by atomic mass is 9.78. The van der Waals surface area contributed by atoms with Crippen LogP contribution in [0.2, 0.25) is 0 Å². The van der Waals surface area contributed by atoms with Crippen LogP contribution in [-0.4, -0.2) is 24.5 Å². The van der Waals surface area contributed by atoms with E-state index in [2.05, 4.69) is 101 Å². The van der Waals surface area contributed by atoms with E-state index in [-0.39, 0.29) is 5.41 Å². The highest BCUT2D eigenvalue weighted by atomic mass is 15.1. The summed E-state index contributed by atoms with van der Waals surface area (Å²) in [4.78, 5) is 2.64. The molecule has 1 fully saturated rings. The molecule has 1 saturated heterocycles. The SMILES string of the molecule is CC(CN1CC(C)CC(C)C1)=C(C)c1ccc(C(C)(C)c2ccccc2)cc1. The molecule has 150 valence electrons. The van der Waals surface area contributed by atoms with E-state index in [9.17, 15) is 0 Å². The number of likely N-dealkylation sites (tertiary alicyclic amines) is 1. The Morgan fingerprint density at radius 3 is 1.96 bits per heavy atom. The molecule has 1 heterocycles. The highest BCUT2D eigenvalue weighted by Crippen LogP contribution is 2.32. The highest BCUT2D eigenvalue weighted by molar-refractivity contribution is 5.67. The lowest BCUT2D eigenvalue weighted by Gasteiger charge is -2.35. The molecule has 0 amide bonds. The van der Waals surface area contributed by atoms with Crippen molar-refractivity contribution in [1.82, 2.24) is 4.90 Å². The standard InChI is InChI=1S/C27H37N/c1-20-16-21(2)18-28(17-20)19-22(3)23(4)24-12-14-26(15-13-24)27(5,6)25-10-8-7-9-11-25/h7-15,20-21H,16-19H2,1-6H3. The normalized spacial score (nSPS) is 22.1. The second-order valence-corrected chi connectivity index (χ2v) is 9.61. The molecule has 2 aromatic carbocycles. The maximum atomic E-state index is 2.64. The zero-order valence-corrected chi connectivity index (χ0v) is 18.6. The molecule has 2 unspecified atom stereocenters. The predicted molar refractivity (Wildman–Crippen MR) is 123 cm³/mol. The van der Waals surface area contributed by atoms with Crippen molar-refractivity contribution in [3.63, 3.8) is 0 Å². The van der Waals surface area contributed by atoms with Crippen molar-refractivity contribution < 1.29 is 0 Å². The largest absolute Gasteiger partial charge is 0.299 e. The number of allylic oxidation sites excluding steroid dienone is 1. The topological polar surface area (TPSA) is 3.24 Å². The fraction of sp³-hybridized carbons (Fsp3) is 0.481. The Hall–Kier alpha value is -1.86. The van der Waals surface area contributed by atoms with E-state index in [0.717, 1.165) is 18.4 Å². The van der Waals surface area contributed by atoms with Gasteiger partial charge in [0.25, 0.3) is 0 Å². The van der Waals surface area contributed by atoms with Gasteiger partial charge in [-0.3, -0.25) is 4.90 Å². The second kappa shape index (κ2) is 8.66. The molecule has 28 heavy (non-hydrogen) atoms. The maximum Gasteiger partial charge on any atom is 0.0196 e. The van der Waals surface area contributed by atoms with Gasteiger partial charge in [-0.2, -0.15) is 0 Å². The smallest absolute Gasteiger partial charge is 0.0196 e. The first-order valence-electron chi connectivity index (χ1n) is 10.8. The predicted octanol–water partition coefficient (Wildman–Crippen LogP) is 6.78. The molecule has 1 aliphatic rings. The van der Waals surface area contributed by atoms with Crippen molar-refractivity contribution in [2.24, 2.45) is 11.8 Å². The van der Waals surface area contributed by atoms with Crippen molar-refractivity contribution in [3.8, 4) is 0 Å². The van der Waals surface area contributed by atoms with Crippen molar-refractivity contribution in [1.29, 1.82) is 0 Å². The van der Waals surface area contributed by atoms with Crippen molar-refractivity contribution in [2.45, 2.75) is 53.4 Å². The molecule has 1 aliphatic heterocycles. The molecule has 0 saturated carbocycles. The van der Waals surface area contributed by atoms with Crippen molar-refractivity contribution in [2.75, 3.05) is 19.6 Å². The summed E-state index contributed by atoms with van der Waals surface area (Å²) in [7, 11) is 0. The first-order chi connectivity index (χ1) is 13.3. The van der Waals surface area contributed by atoms with Crippen LogP contribution in [0.1, 0.15) is 64.7 Å². The average Bonchev–Trinajstić information content (AvgIpc) is 2.67. The fourth-order valence-corrected chi connectivity index (χ4v) is 4.78. The third kappa shape index (κ3) is 4.75. The Morgan fingerprint density at radius 1 is 0.857 bits per heavy atom. The van der Waals surface area contributed by atoms with Gasteiger partial charge < -0.3 is 0 Å². The van der Waals surface area contributed by atoms with Crippen molar-refractivity contribution >= 4 is 5.57 Å². The van der Waals surface area contributed by atoms with Gasteiger partial charge >= 0.3 is 0 Å². The van der Waals surface area contributed by atoms with Crippen LogP contribution in [0.3, 0.4) is 0 Å². The van der Waals surface area contributed by atoms with Gasteiger partial charge in [0.2, 0.25) is 0 Å². The summed E-state index contributed by atoms with van der Waals surface area (Å²) >= 11 is 0. The molecule has 0 spiro atoms. The quantitative estimate of drug-likeness (QED) is 0.556. The number of piperidine rings is 1. The van der Waals surface area contributed by atoms with Gasteiger partial charge in [0.05, 0.1) is 0 Å². The molecule has 0 bridgehead atoms. The highest BCUT2D eigenvalue weighted by Gasteiger charge is 2.23. The van der Waals surface area contributed by atoms with Crippen molar-refractivity contribution in [3.05, 3.63) is 76.9 Å². The molecule has 0 aromatic heterocycles. The number of rotatable bonds is 5.